The van der Waals surface area contributed by atoms with E-state index in [9.17, 15) is 14.8 Å². The number of benzene rings is 3. The summed E-state index contributed by atoms with van der Waals surface area (Å²) in [4.78, 5) is 30.0. The lowest BCUT2D eigenvalue weighted by Gasteiger charge is -2.18. The van der Waals surface area contributed by atoms with Crippen molar-refractivity contribution in [1.29, 1.82) is 0 Å². The molecule has 4 aromatic rings. The minimum absolute atomic E-state index is 0.165. The van der Waals surface area contributed by atoms with E-state index >= 15 is 0 Å². The number of carbonyl (C=O) groups is 2. The first kappa shape index (κ1) is 25.4. The van der Waals surface area contributed by atoms with E-state index in [1.165, 1.54) is 0 Å². The molecular formula is C31H31N3O4. The first-order chi connectivity index (χ1) is 18.5. The Morgan fingerprint density at radius 1 is 1.00 bits per heavy atom. The van der Waals surface area contributed by atoms with E-state index in [2.05, 4.69) is 10.3 Å². The molecule has 7 heteroatoms. The minimum atomic E-state index is -0.876. The number of nitrogens with one attached hydrogen (secondary N) is 2. The molecular weight excluding hydrogens is 478 g/mol. The van der Waals surface area contributed by atoms with Gasteiger partial charge in [0.05, 0.1) is 16.8 Å². The van der Waals surface area contributed by atoms with Crippen LogP contribution in [0.5, 0.6) is 5.75 Å². The normalized spacial score (nSPS) is 18.1. The maximum absolute atomic E-state index is 13.2. The van der Waals surface area contributed by atoms with Crippen molar-refractivity contribution >= 4 is 22.7 Å². The van der Waals surface area contributed by atoms with Gasteiger partial charge in [-0.15, -0.1) is 0 Å². The van der Waals surface area contributed by atoms with Crippen LogP contribution in [0, 0.1) is 18.3 Å². The lowest BCUT2D eigenvalue weighted by molar-refractivity contribution is -0.135. The van der Waals surface area contributed by atoms with Gasteiger partial charge in [-0.3, -0.25) is 19.8 Å². The number of fused-ring (bicyclic) bond motifs is 1. The number of para-hydroxylation sites is 1. The number of amides is 2. The fourth-order valence-corrected chi connectivity index (χ4v) is 5.14. The quantitative estimate of drug-likeness (QED) is 0.215. The van der Waals surface area contributed by atoms with Gasteiger partial charge in [-0.05, 0) is 61.6 Å². The van der Waals surface area contributed by atoms with Crippen LogP contribution in [-0.4, -0.2) is 28.6 Å². The number of hydrogen-bond acceptors (Lipinski definition) is 5. The van der Waals surface area contributed by atoms with Crippen LogP contribution in [0.25, 0.3) is 10.9 Å². The van der Waals surface area contributed by atoms with E-state index in [0.717, 1.165) is 33.3 Å². The Labute approximate surface area is 221 Å². The van der Waals surface area contributed by atoms with Crippen LogP contribution in [0.15, 0.2) is 84.9 Å². The second-order valence-electron chi connectivity index (χ2n) is 9.93. The molecule has 1 fully saturated rings. The number of aromatic nitrogens is 1. The summed E-state index contributed by atoms with van der Waals surface area (Å²) < 4.78 is 6.07. The third-order valence-corrected chi connectivity index (χ3v) is 7.26. The summed E-state index contributed by atoms with van der Waals surface area (Å²) in [5.41, 5.74) is 5.85. The Morgan fingerprint density at radius 3 is 2.50 bits per heavy atom. The maximum atomic E-state index is 13.2. The van der Waals surface area contributed by atoms with Crippen molar-refractivity contribution in [2.45, 2.75) is 32.8 Å². The SMILES string of the molecule is Cc1cc(COc2ccc(CC3(C(=O)NCCc4ccccc4)CC3C(=O)NO)cc2)c2ccccc2n1. The van der Waals surface area contributed by atoms with E-state index in [1.54, 1.807) is 5.48 Å². The van der Waals surface area contributed by atoms with Gasteiger partial charge in [0.1, 0.15) is 12.4 Å². The molecule has 194 valence electrons. The Hall–Kier alpha value is -4.23. The highest BCUT2D eigenvalue weighted by Crippen LogP contribution is 2.55. The van der Waals surface area contributed by atoms with Crippen LogP contribution in [0.1, 0.15) is 28.8 Å². The van der Waals surface area contributed by atoms with E-state index in [1.807, 2.05) is 91.9 Å². The molecule has 0 aliphatic heterocycles. The Kier molecular flexibility index (Phi) is 7.38. The summed E-state index contributed by atoms with van der Waals surface area (Å²) in [7, 11) is 0. The number of pyridine rings is 1. The van der Waals surface area contributed by atoms with E-state index in [-0.39, 0.29) is 5.91 Å². The van der Waals surface area contributed by atoms with Crippen molar-refractivity contribution in [2.75, 3.05) is 6.54 Å². The molecule has 1 heterocycles. The van der Waals surface area contributed by atoms with Crippen molar-refractivity contribution in [1.82, 2.24) is 15.8 Å². The summed E-state index contributed by atoms with van der Waals surface area (Å²) in [6.45, 7) is 2.87. The lowest BCUT2D eigenvalue weighted by Crippen LogP contribution is -2.38. The number of hydrogen-bond donors (Lipinski definition) is 3. The van der Waals surface area contributed by atoms with Crippen LogP contribution in [-0.2, 0) is 29.0 Å². The molecule has 2 amide bonds. The standard InChI is InChI=1S/C31H31N3O4/c1-21-17-24(26-9-5-6-10-28(26)33-21)20-38-25-13-11-23(12-14-25)18-31(19-27(31)29(35)34-37)30(36)32-16-15-22-7-3-2-4-8-22/h2-14,17,27,37H,15-16,18-20H2,1H3,(H,32,36)(H,34,35). The molecule has 1 aliphatic rings. The number of carbonyl (C=O) groups excluding carboxylic acids is 2. The molecule has 7 nitrogen and oxygen atoms in total. The fraction of sp³-hybridized carbons (Fsp3) is 0.258. The number of ether oxygens (including phenoxy) is 1. The molecule has 3 aromatic carbocycles. The monoisotopic (exact) mass is 509 g/mol. The van der Waals surface area contributed by atoms with E-state index in [0.29, 0.717) is 38.2 Å². The minimum Gasteiger partial charge on any atom is -0.489 e. The fourth-order valence-electron chi connectivity index (χ4n) is 5.14. The number of nitrogens with zero attached hydrogens (tertiary/aromatic N) is 1. The van der Waals surface area contributed by atoms with Gasteiger partial charge in [0.15, 0.2) is 0 Å². The lowest BCUT2D eigenvalue weighted by atomic mass is 9.92. The third kappa shape index (κ3) is 5.53. The van der Waals surface area contributed by atoms with Gasteiger partial charge in [0.25, 0.3) is 0 Å². The predicted octanol–water partition coefficient (Wildman–Crippen LogP) is 4.54. The zero-order valence-electron chi connectivity index (χ0n) is 21.3. The number of hydroxylamine groups is 1. The zero-order chi connectivity index (χ0) is 26.5. The van der Waals surface area contributed by atoms with Crippen molar-refractivity contribution in [3.8, 4) is 5.75 Å². The highest BCUT2D eigenvalue weighted by Gasteiger charge is 2.63. The average Bonchev–Trinajstić information content (AvgIpc) is 3.67. The van der Waals surface area contributed by atoms with Crippen LogP contribution >= 0.6 is 0 Å². The number of aryl methyl sites for hydroxylation is 1. The van der Waals surface area contributed by atoms with Gasteiger partial charge in [0, 0.05) is 23.2 Å². The molecule has 2 atom stereocenters. The van der Waals surface area contributed by atoms with Gasteiger partial charge >= 0.3 is 0 Å². The van der Waals surface area contributed by atoms with Gasteiger partial charge in [-0.2, -0.15) is 0 Å². The van der Waals surface area contributed by atoms with Crippen molar-refractivity contribution in [3.63, 3.8) is 0 Å². The predicted molar refractivity (Wildman–Crippen MR) is 145 cm³/mol. The zero-order valence-corrected chi connectivity index (χ0v) is 21.3. The molecule has 38 heavy (non-hydrogen) atoms. The Morgan fingerprint density at radius 2 is 1.74 bits per heavy atom. The summed E-state index contributed by atoms with van der Waals surface area (Å²) in [5.74, 6) is -0.539. The molecule has 0 radical (unpaired) electrons. The van der Waals surface area contributed by atoms with Crippen molar-refractivity contribution < 1.29 is 19.5 Å². The molecule has 0 bridgehead atoms. The van der Waals surface area contributed by atoms with Gasteiger partial charge in [-0.1, -0.05) is 60.7 Å². The van der Waals surface area contributed by atoms with E-state index < -0.39 is 17.2 Å². The first-order valence-corrected chi connectivity index (χ1v) is 12.8. The van der Waals surface area contributed by atoms with Crippen molar-refractivity contribution in [3.05, 3.63) is 107 Å². The summed E-state index contributed by atoms with van der Waals surface area (Å²) in [6.07, 6.45) is 1.50. The highest BCUT2D eigenvalue weighted by atomic mass is 16.5. The molecule has 2 unspecified atom stereocenters. The number of rotatable bonds is 10. The Balaban J connectivity index is 1.23. The second kappa shape index (κ2) is 11.0. The van der Waals surface area contributed by atoms with Gasteiger partial charge in [-0.25, -0.2) is 5.48 Å². The molecule has 5 rings (SSSR count). The smallest absolute Gasteiger partial charge is 0.247 e. The first-order valence-electron chi connectivity index (χ1n) is 12.8. The van der Waals surface area contributed by atoms with Gasteiger partial charge in [0.2, 0.25) is 11.8 Å². The maximum Gasteiger partial charge on any atom is 0.247 e. The van der Waals surface area contributed by atoms with Crippen LogP contribution < -0.4 is 15.5 Å². The van der Waals surface area contributed by atoms with Crippen LogP contribution in [0.3, 0.4) is 0 Å². The molecule has 1 aromatic heterocycles. The summed E-state index contributed by atoms with van der Waals surface area (Å²) in [5, 5.41) is 13.2. The molecule has 0 saturated heterocycles. The summed E-state index contributed by atoms with van der Waals surface area (Å²) in [6, 6.07) is 27.6. The molecule has 3 N–H and O–H groups in total. The van der Waals surface area contributed by atoms with Crippen LogP contribution in [0.2, 0.25) is 0 Å². The topological polar surface area (TPSA) is 101 Å². The summed E-state index contributed by atoms with van der Waals surface area (Å²) >= 11 is 0. The Bertz CT molecular complexity index is 1440. The largest absolute Gasteiger partial charge is 0.489 e. The average molecular weight is 510 g/mol. The second-order valence-corrected chi connectivity index (χ2v) is 9.93. The highest BCUT2D eigenvalue weighted by molar-refractivity contribution is 5.95. The third-order valence-electron chi connectivity index (χ3n) is 7.26. The van der Waals surface area contributed by atoms with Crippen LogP contribution in [0.4, 0.5) is 0 Å². The molecule has 0 spiro atoms. The van der Waals surface area contributed by atoms with Gasteiger partial charge < -0.3 is 10.1 Å². The van der Waals surface area contributed by atoms with Crippen molar-refractivity contribution in [2.24, 2.45) is 11.3 Å². The molecule has 1 saturated carbocycles. The molecule has 1 aliphatic carbocycles. The van der Waals surface area contributed by atoms with E-state index in [4.69, 9.17) is 4.74 Å².